The second kappa shape index (κ2) is 8.48. The van der Waals surface area contributed by atoms with E-state index in [1.807, 2.05) is 62.4 Å². The fraction of sp³-hybridized carbons (Fsp3) is 0.160. The fourth-order valence-corrected chi connectivity index (χ4v) is 4.10. The first-order chi connectivity index (χ1) is 15.3. The summed E-state index contributed by atoms with van der Waals surface area (Å²) < 4.78 is 1.66. The Morgan fingerprint density at radius 1 is 1.09 bits per heavy atom. The van der Waals surface area contributed by atoms with E-state index >= 15 is 0 Å². The van der Waals surface area contributed by atoms with E-state index in [0.29, 0.717) is 11.1 Å². The lowest BCUT2D eigenvalue weighted by Crippen LogP contribution is -2.20. The molecule has 2 heterocycles. The highest BCUT2D eigenvalue weighted by Gasteiger charge is 2.19. The number of hydrogen-bond acceptors (Lipinski definition) is 4. The molecule has 0 saturated heterocycles. The number of anilines is 1. The summed E-state index contributed by atoms with van der Waals surface area (Å²) in [5.74, 6) is -1.17. The number of carboxylic acid groups (broad SMARTS) is 1. The molecule has 0 fully saturated rings. The number of hydrogen-bond donors (Lipinski definition) is 2. The molecule has 0 bridgehead atoms. The van der Waals surface area contributed by atoms with Crippen molar-refractivity contribution in [2.75, 3.05) is 5.32 Å². The second-order valence-electron chi connectivity index (χ2n) is 7.78. The molecule has 0 spiro atoms. The SMILES string of the molecule is Cc1cc([C@H](C)Nc2ccc(Cl)nc2C(=O)O)c2cc(-c3ccccc3)n(C)c(=O)c2c1. The van der Waals surface area contributed by atoms with Gasteiger partial charge < -0.3 is 15.0 Å². The molecule has 4 rings (SSSR count). The summed E-state index contributed by atoms with van der Waals surface area (Å²) in [6, 6.07) is 18.5. The molecule has 0 amide bonds. The van der Waals surface area contributed by atoms with Crippen molar-refractivity contribution in [3.63, 3.8) is 0 Å². The van der Waals surface area contributed by atoms with E-state index in [4.69, 9.17) is 11.6 Å². The molecule has 32 heavy (non-hydrogen) atoms. The Morgan fingerprint density at radius 3 is 2.50 bits per heavy atom. The quantitative estimate of drug-likeness (QED) is 0.398. The molecule has 1 atom stereocenters. The van der Waals surface area contributed by atoms with Gasteiger partial charge >= 0.3 is 5.97 Å². The molecular formula is C25H22ClN3O3. The third-order valence-corrected chi connectivity index (χ3v) is 5.72. The number of nitrogens with zero attached hydrogens (tertiary/aromatic N) is 2. The van der Waals surface area contributed by atoms with Crippen LogP contribution in [0.4, 0.5) is 5.69 Å². The van der Waals surface area contributed by atoms with Gasteiger partial charge in [-0.05, 0) is 60.2 Å². The Morgan fingerprint density at radius 2 is 1.81 bits per heavy atom. The summed E-state index contributed by atoms with van der Waals surface area (Å²) in [4.78, 5) is 28.8. The number of aromatic carboxylic acids is 1. The number of nitrogens with one attached hydrogen (secondary N) is 1. The minimum Gasteiger partial charge on any atom is -0.476 e. The first-order valence-electron chi connectivity index (χ1n) is 10.1. The van der Waals surface area contributed by atoms with Crippen molar-refractivity contribution in [1.82, 2.24) is 9.55 Å². The zero-order valence-electron chi connectivity index (χ0n) is 17.9. The lowest BCUT2D eigenvalue weighted by Gasteiger charge is -2.21. The number of pyridine rings is 2. The van der Waals surface area contributed by atoms with Crippen LogP contribution in [0.25, 0.3) is 22.0 Å². The first-order valence-corrected chi connectivity index (χ1v) is 10.5. The van der Waals surface area contributed by atoms with Crippen LogP contribution in [0.2, 0.25) is 5.15 Å². The maximum absolute atomic E-state index is 13.2. The van der Waals surface area contributed by atoms with E-state index in [1.165, 1.54) is 0 Å². The molecule has 6 nitrogen and oxygen atoms in total. The standard InChI is InChI=1S/C25H22ClN3O3/c1-14-11-17(15(2)27-20-9-10-22(26)28-23(20)25(31)32)18-13-21(16-7-5-4-6-8-16)29(3)24(30)19(18)12-14/h4-13,15,27H,1-3H3,(H,31,32)/t15-/m0/s1. The van der Waals surface area contributed by atoms with Crippen LogP contribution < -0.4 is 10.9 Å². The molecule has 0 aliphatic heterocycles. The van der Waals surface area contributed by atoms with E-state index < -0.39 is 5.97 Å². The van der Waals surface area contributed by atoms with Crippen LogP contribution in [0.15, 0.2) is 65.5 Å². The average Bonchev–Trinajstić information content (AvgIpc) is 2.77. The molecule has 0 aliphatic rings. The van der Waals surface area contributed by atoms with Gasteiger partial charge in [0, 0.05) is 18.5 Å². The van der Waals surface area contributed by atoms with Gasteiger partial charge in [0.1, 0.15) is 5.15 Å². The number of fused-ring (bicyclic) bond motifs is 1. The number of rotatable bonds is 5. The normalized spacial score (nSPS) is 12.0. The summed E-state index contributed by atoms with van der Waals surface area (Å²) in [7, 11) is 1.77. The predicted octanol–water partition coefficient (Wildman–Crippen LogP) is 5.43. The minimum atomic E-state index is -1.17. The molecule has 0 saturated carbocycles. The summed E-state index contributed by atoms with van der Waals surface area (Å²) in [6.07, 6.45) is 0. The zero-order chi connectivity index (χ0) is 23.0. The molecule has 2 aromatic heterocycles. The molecular weight excluding hydrogens is 426 g/mol. The number of benzene rings is 2. The van der Waals surface area contributed by atoms with Crippen LogP contribution in [-0.4, -0.2) is 20.6 Å². The Balaban J connectivity index is 1.88. The number of aryl methyl sites for hydroxylation is 1. The molecule has 162 valence electrons. The molecule has 4 aromatic rings. The zero-order valence-corrected chi connectivity index (χ0v) is 18.6. The van der Waals surface area contributed by atoms with Gasteiger partial charge in [-0.2, -0.15) is 0 Å². The van der Waals surface area contributed by atoms with Crippen molar-refractivity contribution in [2.24, 2.45) is 7.05 Å². The van der Waals surface area contributed by atoms with Crippen LogP contribution >= 0.6 is 11.6 Å². The van der Waals surface area contributed by atoms with E-state index in [2.05, 4.69) is 10.3 Å². The van der Waals surface area contributed by atoms with Crippen molar-refractivity contribution >= 4 is 34.0 Å². The highest BCUT2D eigenvalue weighted by molar-refractivity contribution is 6.29. The van der Waals surface area contributed by atoms with Gasteiger partial charge in [0.15, 0.2) is 5.69 Å². The molecule has 0 aliphatic carbocycles. The molecule has 2 aromatic carbocycles. The average molecular weight is 448 g/mol. The molecule has 0 unspecified atom stereocenters. The van der Waals surface area contributed by atoms with Crippen LogP contribution in [0.1, 0.15) is 34.6 Å². The van der Waals surface area contributed by atoms with Crippen molar-refractivity contribution in [3.05, 3.63) is 93.0 Å². The second-order valence-corrected chi connectivity index (χ2v) is 8.16. The highest BCUT2D eigenvalue weighted by Crippen LogP contribution is 2.31. The van der Waals surface area contributed by atoms with Gasteiger partial charge in [0.2, 0.25) is 0 Å². The van der Waals surface area contributed by atoms with E-state index in [9.17, 15) is 14.7 Å². The van der Waals surface area contributed by atoms with E-state index in [-0.39, 0.29) is 22.4 Å². The number of carbonyl (C=O) groups is 1. The molecule has 2 N–H and O–H groups in total. The Hall–Kier alpha value is -3.64. The van der Waals surface area contributed by atoms with Gasteiger partial charge in [-0.25, -0.2) is 9.78 Å². The van der Waals surface area contributed by atoms with Gasteiger partial charge in [0.25, 0.3) is 5.56 Å². The Bertz CT molecular complexity index is 1400. The van der Waals surface area contributed by atoms with Crippen molar-refractivity contribution in [3.8, 4) is 11.3 Å². The van der Waals surface area contributed by atoms with Gasteiger partial charge in [-0.1, -0.05) is 48.0 Å². The summed E-state index contributed by atoms with van der Waals surface area (Å²) in [5, 5.41) is 14.3. The fourth-order valence-electron chi connectivity index (χ4n) is 3.96. The van der Waals surface area contributed by atoms with E-state index in [0.717, 1.165) is 27.8 Å². The van der Waals surface area contributed by atoms with Crippen molar-refractivity contribution in [1.29, 1.82) is 0 Å². The third kappa shape index (κ3) is 3.97. The van der Waals surface area contributed by atoms with Crippen molar-refractivity contribution in [2.45, 2.75) is 19.9 Å². The summed E-state index contributed by atoms with van der Waals surface area (Å²) in [5.41, 5.74) is 3.70. The first kappa shape index (κ1) is 21.6. The topological polar surface area (TPSA) is 84.2 Å². The van der Waals surface area contributed by atoms with Crippen LogP contribution in [0.5, 0.6) is 0 Å². The van der Waals surface area contributed by atoms with Crippen molar-refractivity contribution < 1.29 is 9.90 Å². The van der Waals surface area contributed by atoms with Gasteiger partial charge in [0.05, 0.1) is 11.4 Å². The van der Waals surface area contributed by atoms with Crippen LogP contribution in [0.3, 0.4) is 0 Å². The number of carboxylic acids is 1. The highest BCUT2D eigenvalue weighted by atomic mass is 35.5. The largest absolute Gasteiger partial charge is 0.476 e. The lowest BCUT2D eigenvalue weighted by atomic mass is 9.96. The van der Waals surface area contributed by atoms with Gasteiger partial charge in [-0.3, -0.25) is 4.79 Å². The molecule has 0 radical (unpaired) electrons. The smallest absolute Gasteiger partial charge is 0.356 e. The molecule has 7 heteroatoms. The summed E-state index contributed by atoms with van der Waals surface area (Å²) >= 11 is 5.88. The number of halogens is 1. The third-order valence-electron chi connectivity index (χ3n) is 5.51. The maximum Gasteiger partial charge on any atom is 0.356 e. The number of aromatic nitrogens is 2. The maximum atomic E-state index is 13.2. The lowest BCUT2D eigenvalue weighted by molar-refractivity contribution is 0.0691. The van der Waals surface area contributed by atoms with Gasteiger partial charge in [-0.15, -0.1) is 0 Å². The van der Waals surface area contributed by atoms with Crippen LogP contribution in [-0.2, 0) is 7.05 Å². The Labute approximate surface area is 190 Å². The predicted molar refractivity (Wildman–Crippen MR) is 128 cm³/mol. The Kier molecular flexibility index (Phi) is 5.72. The monoisotopic (exact) mass is 447 g/mol. The van der Waals surface area contributed by atoms with Crippen LogP contribution in [0, 0.1) is 6.92 Å². The van der Waals surface area contributed by atoms with E-state index in [1.54, 1.807) is 23.7 Å². The summed E-state index contributed by atoms with van der Waals surface area (Å²) in [6.45, 7) is 3.86. The minimum absolute atomic E-state index is 0.0853.